The Morgan fingerprint density at radius 2 is 1.64 bits per heavy atom. The molecule has 0 saturated heterocycles. The molecular formula is C22H24ClFN2O7. The first-order valence-corrected chi connectivity index (χ1v) is 10.6. The molecule has 0 aliphatic carbocycles. The van der Waals surface area contributed by atoms with Gasteiger partial charge in [0.1, 0.15) is 30.5 Å². The summed E-state index contributed by atoms with van der Waals surface area (Å²) in [6, 6.07) is 8.88. The van der Waals surface area contributed by atoms with E-state index in [1.54, 1.807) is 18.2 Å². The lowest BCUT2D eigenvalue weighted by Crippen LogP contribution is -2.37. The van der Waals surface area contributed by atoms with Gasteiger partial charge in [-0.25, -0.2) is 4.39 Å². The third-order valence-corrected chi connectivity index (χ3v) is 4.79. The third-order valence-electron chi connectivity index (χ3n) is 4.48. The van der Waals surface area contributed by atoms with Crippen molar-refractivity contribution in [3.63, 3.8) is 0 Å². The van der Waals surface area contributed by atoms with Gasteiger partial charge in [0.05, 0.1) is 11.1 Å². The van der Waals surface area contributed by atoms with Crippen LogP contribution in [0.5, 0.6) is 23.0 Å². The number of halogens is 2. The molecule has 2 amide bonds. The van der Waals surface area contributed by atoms with E-state index >= 15 is 0 Å². The molecule has 1 aliphatic rings. The molecule has 178 valence electrons. The number of nitrogens with one attached hydrogen (secondary N) is 2. The van der Waals surface area contributed by atoms with Gasteiger partial charge in [-0.05, 0) is 30.7 Å². The minimum atomic E-state index is -0.874. The van der Waals surface area contributed by atoms with Gasteiger partial charge in [0.2, 0.25) is 0 Å². The number of hydrogen-bond acceptors (Lipinski definition) is 7. The van der Waals surface area contributed by atoms with E-state index in [4.69, 9.17) is 30.5 Å². The summed E-state index contributed by atoms with van der Waals surface area (Å²) in [5, 5.41) is 15.0. The molecule has 2 aromatic carbocycles. The van der Waals surface area contributed by atoms with E-state index in [0.717, 1.165) is 6.07 Å². The van der Waals surface area contributed by atoms with Crippen LogP contribution in [-0.2, 0) is 9.59 Å². The Balaban J connectivity index is 1.26. The van der Waals surface area contributed by atoms with Crippen LogP contribution in [-0.4, -0.2) is 62.5 Å². The van der Waals surface area contributed by atoms with Crippen molar-refractivity contribution in [3.8, 4) is 23.0 Å². The Hall–Kier alpha value is -3.24. The Morgan fingerprint density at radius 3 is 2.36 bits per heavy atom. The third kappa shape index (κ3) is 7.99. The second-order valence-electron chi connectivity index (χ2n) is 7.06. The lowest BCUT2D eigenvalue weighted by molar-refractivity contribution is -0.124. The number of fused-ring (bicyclic) bond motifs is 1. The fourth-order valence-corrected chi connectivity index (χ4v) is 2.91. The molecule has 0 spiro atoms. The summed E-state index contributed by atoms with van der Waals surface area (Å²) in [6.45, 7) is 0.567. The van der Waals surface area contributed by atoms with Gasteiger partial charge in [0, 0.05) is 25.2 Å². The van der Waals surface area contributed by atoms with E-state index in [2.05, 4.69) is 10.6 Å². The number of rotatable bonds is 11. The lowest BCUT2D eigenvalue weighted by Gasteiger charge is -2.18. The van der Waals surface area contributed by atoms with Crippen molar-refractivity contribution in [1.82, 2.24) is 10.6 Å². The SMILES string of the molecule is O=C(COc1ccc2c(c1)OCCO2)NCC[C@H](O)CNC(=O)COc1ccc(Cl)c(F)c1. The maximum Gasteiger partial charge on any atom is 0.258 e. The molecule has 2 aromatic rings. The van der Waals surface area contributed by atoms with E-state index < -0.39 is 17.8 Å². The van der Waals surface area contributed by atoms with Gasteiger partial charge in [-0.15, -0.1) is 0 Å². The molecule has 0 saturated carbocycles. The first-order valence-electron chi connectivity index (χ1n) is 10.2. The molecule has 33 heavy (non-hydrogen) atoms. The number of carbonyl (C=O) groups excluding carboxylic acids is 2. The van der Waals surface area contributed by atoms with Gasteiger partial charge < -0.3 is 34.7 Å². The second-order valence-corrected chi connectivity index (χ2v) is 7.46. The number of carbonyl (C=O) groups is 2. The summed E-state index contributed by atoms with van der Waals surface area (Å²) < 4.78 is 34.8. The monoisotopic (exact) mass is 482 g/mol. The van der Waals surface area contributed by atoms with Gasteiger partial charge in [-0.3, -0.25) is 9.59 Å². The van der Waals surface area contributed by atoms with Crippen molar-refractivity contribution in [2.45, 2.75) is 12.5 Å². The maximum absolute atomic E-state index is 13.3. The zero-order valence-corrected chi connectivity index (χ0v) is 18.4. The summed E-state index contributed by atoms with van der Waals surface area (Å²) >= 11 is 5.58. The first-order chi connectivity index (χ1) is 15.9. The van der Waals surface area contributed by atoms with Gasteiger partial charge in [-0.2, -0.15) is 0 Å². The topological polar surface area (TPSA) is 115 Å². The highest BCUT2D eigenvalue weighted by Crippen LogP contribution is 2.33. The Kier molecular flexibility index (Phi) is 8.96. The van der Waals surface area contributed by atoms with Gasteiger partial charge >= 0.3 is 0 Å². The molecule has 3 N–H and O–H groups in total. The normalized spacial score (nSPS) is 13.1. The Bertz CT molecular complexity index is 976. The van der Waals surface area contributed by atoms with Crippen LogP contribution < -0.4 is 29.6 Å². The van der Waals surface area contributed by atoms with Crippen LogP contribution in [0.2, 0.25) is 5.02 Å². The highest BCUT2D eigenvalue weighted by Gasteiger charge is 2.13. The van der Waals surface area contributed by atoms with Crippen molar-refractivity contribution in [3.05, 3.63) is 47.2 Å². The van der Waals surface area contributed by atoms with Crippen LogP contribution in [0.4, 0.5) is 4.39 Å². The quantitative estimate of drug-likeness (QED) is 0.446. The van der Waals surface area contributed by atoms with Crippen LogP contribution in [0, 0.1) is 5.82 Å². The van der Waals surface area contributed by atoms with E-state index in [-0.39, 0.29) is 49.4 Å². The molecule has 11 heteroatoms. The molecule has 0 aromatic heterocycles. The minimum absolute atomic E-state index is 0.0270. The maximum atomic E-state index is 13.3. The van der Waals surface area contributed by atoms with Crippen LogP contribution in [0.3, 0.4) is 0 Å². The van der Waals surface area contributed by atoms with Gasteiger partial charge in [-0.1, -0.05) is 11.6 Å². The van der Waals surface area contributed by atoms with Crippen molar-refractivity contribution < 1.29 is 38.0 Å². The molecule has 1 aliphatic heterocycles. The highest BCUT2D eigenvalue weighted by molar-refractivity contribution is 6.30. The predicted molar refractivity (Wildman–Crippen MR) is 116 cm³/mol. The van der Waals surface area contributed by atoms with E-state index in [1.165, 1.54) is 12.1 Å². The number of amides is 2. The molecule has 1 atom stereocenters. The number of aliphatic hydroxyl groups is 1. The summed E-state index contributed by atoms with van der Waals surface area (Å²) in [7, 11) is 0. The molecular weight excluding hydrogens is 459 g/mol. The van der Waals surface area contributed by atoms with Crippen molar-refractivity contribution in [2.24, 2.45) is 0 Å². The fraction of sp³-hybridized carbons (Fsp3) is 0.364. The first kappa shape index (κ1) is 24.4. The highest BCUT2D eigenvalue weighted by atomic mass is 35.5. The zero-order valence-electron chi connectivity index (χ0n) is 17.6. The average Bonchev–Trinajstić information content (AvgIpc) is 2.82. The molecule has 9 nitrogen and oxygen atoms in total. The summed E-state index contributed by atoms with van der Waals surface area (Å²) in [5.74, 6) is 0.337. The number of ether oxygens (including phenoxy) is 4. The molecule has 1 heterocycles. The lowest BCUT2D eigenvalue weighted by atomic mass is 10.2. The molecule has 0 unspecified atom stereocenters. The Labute approximate surface area is 194 Å². The van der Waals surface area contributed by atoms with Crippen LogP contribution in [0.15, 0.2) is 36.4 Å². The van der Waals surface area contributed by atoms with E-state index in [1.807, 2.05) is 0 Å². The predicted octanol–water partition coefficient (Wildman–Crippen LogP) is 1.69. The summed E-state index contributed by atoms with van der Waals surface area (Å²) in [6.07, 6.45) is -0.653. The molecule has 0 radical (unpaired) electrons. The van der Waals surface area contributed by atoms with Crippen LogP contribution >= 0.6 is 11.6 Å². The number of hydrogen-bond donors (Lipinski definition) is 3. The number of benzene rings is 2. The molecule has 0 fully saturated rings. The van der Waals surface area contributed by atoms with Crippen LogP contribution in [0.1, 0.15) is 6.42 Å². The zero-order chi connectivity index (χ0) is 23.6. The minimum Gasteiger partial charge on any atom is -0.486 e. The summed E-state index contributed by atoms with van der Waals surface area (Å²) in [4.78, 5) is 23.7. The second kappa shape index (κ2) is 12.1. The fourth-order valence-electron chi connectivity index (χ4n) is 2.79. The summed E-state index contributed by atoms with van der Waals surface area (Å²) in [5.41, 5.74) is 0. The van der Waals surface area contributed by atoms with E-state index in [9.17, 15) is 19.1 Å². The Morgan fingerprint density at radius 1 is 1.00 bits per heavy atom. The number of aliphatic hydroxyl groups excluding tert-OH is 1. The standard InChI is InChI=1S/C22H24ClFN2O7/c23-17-3-1-15(9-18(17)24)32-13-22(29)26-11-14(27)5-6-25-21(28)12-33-16-2-4-19-20(10-16)31-8-7-30-19/h1-4,9-10,14,27H,5-8,11-13H2,(H,25,28)(H,26,29)/t14-/m0/s1. The van der Waals surface area contributed by atoms with Gasteiger partial charge in [0.15, 0.2) is 24.7 Å². The van der Waals surface area contributed by atoms with Gasteiger partial charge in [0.25, 0.3) is 11.8 Å². The van der Waals surface area contributed by atoms with Crippen LogP contribution in [0.25, 0.3) is 0 Å². The molecule has 0 bridgehead atoms. The van der Waals surface area contributed by atoms with E-state index in [0.29, 0.717) is 30.5 Å². The molecule has 3 rings (SSSR count). The smallest absolute Gasteiger partial charge is 0.258 e. The van der Waals surface area contributed by atoms with Crippen molar-refractivity contribution >= 4 is 23.4 Å². The average molecular weight is 483 g/mol. The largest absolute Gasteiger partial charge is 0.486 e. The van der Waals surface area contributed by atoms with Crippen molar-refractivity contribution in [2.75, 3.05) is 39.5 Å². The van der Waals surface area contributed by atoms with Crippen molar-refractivity contribution in [1.29, 1.82) is 0 Å².